The van der Waals surface area contributed by atoms with Crippen molar-refractivity contribution in [1.29, 1.82) is 0 Å². The first-order valence-electron chi connectivity index (χ1n) is 12.5. The second-order valence-electron chi connectivity index (χ2n) is 8.85. The average Bonchev–Trinajstić information content (AvgIpc) is 3.50. The molecular weight excluding hydrogens is 496 g/mol. The Balaban J connectivity index is 1.68. The highest BCUT2D eigenvalue weighted by Gasteiger charge is 2.31. The summed E-state index contributed by atoms with van der Waals surface area (Å²) in [6, 6.07) is 24.8. The van der Waals surface area contributed by atoms with Gasteiger partial charge in [-0.05, 0) is 53.1 Å². The van der Waals surface area contributed by atoms with E-state index in [0.717, 1.165) is 11.1 Å². The van der Waals surface area contributed by atoms with Crippen molar-refractivity contribution in [3.05, 3.63) is 114 Å². The fourth-order valence-electron chi connectivity index (χ4n) is 4.31. The number of benzene rings is 3. The van der Waals surface area contributed by atoms with Crippen LogP contribution in [-0.2, 0) is 29.1 Å². The zero-order chi connectivity index (χ0) is 27.6. The average molecular weight is 529 g/mol. The van der Waals surface area contributed by atoms with Crippen molar-refractivity contribution in [2.45, 2.75) is 25.6 Å². The lowest BCUT2D eigenvalue weighted by Gasteiger charge is -2.32. The summed E-state index contributed by atoms with van der Waals surface area (Å²) in [5.41, 5.74) is 2.29. The Morgan fingerprint density at radius 3 is 2.18 bits per heavy atom. The normalized spacial score (nSPS) is 11.4. The molecule has 1 atom stereocenters. The first-order valence-corrected chi connectivity index (χ1v) is 12.5. The van der Waals surface area contributed by atoms with Gasteiger partial charge in [0.25, 0.3) is 0 Å². The molecule has 0 saturated heterocycles. The summed E-state index contributed by atoms with van der Waals surface area (Å²) >= 11 is 0. The van der Waals surface area contributed by atoms with Crippen LogP contribution in [0.5, 0.6) is 17.2 Å². The lowest BCUT2D eigenvalue weighted by atomic mass is 10.0. The third-order valence-corrected chi connectivity index (χ3v) is 6.33. The van der Waals surface area contributed by atoms with Gasteiger partial charge in [-0.1, -0.05) is 48.5 Å². The Labute approximate surface area is 228 Å². The first-order chi connectivity index (χ1) is 19.0. The molecule has 0 fully saturated rings. The lowest BCUT2D eigenvalue weighted by Crippen LogP contribution is -2.43. The molecule has 202 valence electrons. The molecule has 0 bridgehead atoms. The summed E-state index contributed by atoms with van der Waals surface area (Å²) in [5, 5.41) is 2.94. The molecule has 0 radical (unpaired) electrons. The smallest absolute Gasteiger partial charge is 0.247 e. The Hall–Kier alpha value is -4.72. The van der Waals surface area contributed by atoms with Gasteiger partial charge in [0.15, 0.2) is 11.5 Å². The maximum atomic E-state index is 14.0. The lowest BCUT2D eigenvalue weighted by molar-refractivity contribution is -0.141. The molecule has 4 aromatic rings. The Kier molecular flexibility index (Phi) is 9.24. The van der Waals surface area contributed by atoms with Crippen LogP contribution in [0, 0.1) is 0 Å². The van der Waals surface area contributed by atoms with Crippen molar-refractivity contribution >= 4 is 11.8 Å². The van der Waals surface area contributed by atoms with Crippen LogP contribution in [0.25, 0.3) is 0 Å². The summed E-state index contributed by atoms with van der Waals surface area (Å²) in [6.45, 7) is 0.416. The number of rotatable bonds is 12. The summed E-state index contributed by atoms with van der Waals surface area (Å²) < 4.78 is 21.4. The van der Waals surface area contributed by atoms with Gasteiger partial charge in [0.1, 0.15) is 17.6 Å². The predicted molar refractivity (Wildman–Crippen MR) is 147 cm³/mol. The minimum atomic E-state index is -0.879. The van der Waals surface area contributed by atoms with Gasteiger partial charge in [-0.15, -0.1) is 0 Å². The van der Waals surface area contributed by atoms with Crippen LogP contribution in [0.3, 0.4) is 0 Å². The number of amides is 2. The van der Waals surface area contributed by atoms with Crippen molar-refractivity contribution in [3.63, 3.8) is 0 Å². The van der Waals surface area contributed by atoms with Gasteiger partial charge < -0.3 is 28.8 Å². The minimum Gasteiger partial charge on any atom is -0.497 e. The topological polar surface area (TPSA) is 90.2 Å². The second kappa shape index (κ2) is 13.2. The molecule has 0 unspecified atom stereocenters. The van der Waals surface area contributed by atoms with Crippen LogP contribution in [0.15, 0.2) is 95.6 Å². The third-order valence-electron chi connectivity index (χ3n) is 6.33. The molecule has 8 heteroatoms. The Morgan fingerprint density at radius 2 is 1.54 bits per heavy atom. The van der Waals surface area contributed by atoms with Crippen LogP contribution in [0.2, 0.25) is 0 Å². The number of nitrogens with zero attached hydrogens (tertiary/aromatic N) is 1. The van der Waals surface area contributed by atoms with E-state index < -0.39 is 6.04 Å². The monoisotopic (exact) mass is 528 g/mol. The van der Waals surface area contributed by atoms with Gasteiger partial charge in [-0.3, -0.25) is 9.59 Å². The van der Waals surface area contributed by atoms with E-state index in [-0.39, 0.29) is 31.3 Å². The number of carbonyl (C=O) groups excluding carboxylic acids is 2. The molecular formula is C31H32N2O6. The highest BCUT2D eigenvalue weighted by Crippen LogP contribution is 2.30. The molecule has 0 saturated carbocycles. The first kappa shape index (κ1) is 27.3. The van der Waals surface area contributed by atoms with Crippen molar-refractivity contribution in [1.82, 2.24) is 10.2 Å². The van der Waals surface area contributed by atoms with E-state index in [4.69, 9.17) is 18.6 Å². The number of ether oxygens (including phenoxy) is 3. The van der Waals surface area contributed by atoms with Crippen LogP contribution in [0.4, 0.5) is 0 Å². The molecule has 3 aromatic carbocycles. The fourth-order valence-corrected chi connectivity index (χ4v) is 4.31. The number of methoxy groups -OCH3 is 3. The van der Waals surface area contributed by atoms with Crippen LogP contribution < -0.4 is 19.5 Å². The zero-order valence-corrected chi connectivity index (χ0v) is 22.3. The highest BCUT2D eigenvalue weighted by atomic mass is 16.5. The quantitative estimate of drug-likeness (QED) is 0.280. The number of carbonyl (C=O) groups is 2. The molecule has 39 heavy (non-hydrogen) atoms. The molecule has 1 N–H and O–H groups in total. The van der Waals surface area contributed by atoms with E-state index >= 15 is 0 Å². The fraction of sp³-hybridized carbons (Fsp3) is 0.226. The second-order valence-corrected chi connectivity index (χ2v) is 8.85. The molecule has 1 aromatic heterocycles. The van der Waals surface area contributed by atoms with Gasteiger partial charge in [0.05, 0.1) is 40.6 Å². The van der Waals surface area contributed by atoms with E-state index in [1.165, 1.54) is 0 Å². The van der Waals surface area contributed by atoms with Crippen molar-refractivity contribution < 1.29 is 28.2 Å². The van der Waals surface area contributed by atoms with Crippen molar-refractivity contribution in [2.24, 2.45) is 0 Å². The standard InChI is InChI=1S/C31H32N2O6/c1-36-25-14-11-22(12-15-25)21-33(29(34)19-23-13-16-27(37-2)28(18-23)38-3)30(24-8-5-4-6-9-24)31(35)32-20-26-10-7-17-39-26/h4-18,30H,19-21H2,1-3H3,(H,32,35)/t30-/m1/s1. The van der Waals surface area contributed by atoms with Crippen molar-refractivity contribution in [2.75, 3.05) is 21.3 Å². The van der Waals surface area contributed by atoms with E-state index in [9.17, 15) is 9.59 Å². The van der Waals surface area contributed by atoms with Crippen LogP contribution in [0.1, 0.15) is 28.5 Å². The molecule has 2 amide bonds. The number of furan rings is 1. The minimum absolute atomic E-state index is 0.0608. The van der Waals surface area contributed by atoms with Gasteiger partial charge in [0, 0.05) is 6.54 Å². The largest absolute Gasteiger partial charge is 0.497 e. The Bertz CT molecular complexity index is 1350. The molecule has 8 nitrogen and oxygen atoms in total. The maximum Gasteiger partial charge on any atom is 0.247 e. The zero-order valence-electron chi connectivity index (χ0n) is 22.3. The van der Waals surface area contributed by atoms with Gasteiger partial charge in [0.2, 0.25) is 11.8 Å². The molecule has 1 heterocycles. The van der Waals surface area contributed by atoms with E-state index in [2.05, 4.69) is 5.32 Å². The molecule has 0 spiro atoms. The van der Waals surface area contributed by atoms with E-state index in [1.54, 1.807) is 56.8 Å². The Morgan fingerprint density at radius 1 is 0.821 bits per heavy atom. The number of hydrogen-bond acceptors (Lipinski definition) is 6. The summed E-state index contributed by atoms with van der Waals surface area (Å²) in [7, 11) is 4.71. The van der Waals surface area contributed by atoms with Crippen molar-refractivity contribution in [3.8, 4) is 17.2 Å². The molecule has 0 aliphatic carbocycles. The van der Waals surface area contributed by atoms with Gasteiger partial charge >= 0.3 is 0 Å². The molecule has 0 aliphatic heterocycles. The number of nitrogens with one attached hydrogen (secondary N) is 1. The van der Waals surface area contributed by atoms with Crippen LogP contribution in [-0.4, -0.2) is 38.0 Å². The number of hydrogen-bond donors (Lipinski definition) is 1. The van der Waals surface area contributed by atoms with Gasteiger partial charge in [-0.2, -0.15) is 0 Å². The summed E-state index contributed by atoms with van der Waals surface area (Å²) in [4.78, 5) is 29.3. The predicted octanol–water partition coefficient (Wildman–Crippen LogP) is 4.93. The highest BCUT2D eigenvalue weighted by molar-refractivity contribution is 5.89. The van der Waals surface area contributed by atoms with E-state index in [1.807, 2.05) is 60.7 Å². The summed E-state index contributed by atoms with van der Waals surface area (Å²) in [6.07, 6.45) is 1.62. The summed E-state index contributed by atoms with van der Waals surface area (Å²) in [5.74, 6) is 1.89. The van der Waals surface area contributed by atoms with E-state index in [0.29, 0.717) is 28.6 Å². The molecule has 0 aliphatic rings. The third kappa shape index (κ3) is 6.98. The molecule has 4 rings (SSSR count). The van der Waals surface area contributed by atoms with Gasteiger partial charge in [-0.25, -0.2) is 0 Å². The van der Waals surface area contributed by atoms with Crippen LogP contribution >= 0.6 is 0 Å². The maximum absolute atomic E-state index is 14.0. The SMILES string of the molecule is COc1ccc(CN(C(=O)Cc2ccc(OC)c(OC)c2)[C@@H](C(=O)NCc2ccco2)c2ccccc2)cc1.